The number of carbonyl (C=O) groups excluding carboxylic acids is 2. The molecule has 6 heteroatoms. The minimum atomic E-state index is -0.845. The fourth-order valence-electron chi connectivity index (χ4n) is 11.4. The Labute approximate surface area is 512 Å². The van der Waals surface area contributed by atoms with Gasteiger partial charge in [0.15, 0.2) is 0 Å². The summed E-state index contributed by atoms with van der Waals surface area (Å²) in [5.74, 6) is -0.0552. The molecule has 0 saturated heterocycles. The van der Waals surface area contributed by atoms with E-state index in [1.54, 1.807) is 6.08 Å². The molecule has 0 fully saturated rings. The van der Waals surface area contributed by atoms with E-state index in [1.807, 2.05) is 6.08 Å². The van der Waals surface area contributed by atoms with Crippen LogP contribution in [0.15, 0.2) is 48.6 Å². The number of rotatable bonds is 69. The van der Waals surface area contributed by atoms with Crippen molar-refractivity contribution in [1.82, 2.24) is 5.32 Å². The van der Waals surface area contributed by atoms with Gasteiger partial charge in [0.05, 0.1) is 25.4 Å². The Morgan fingerprint density at radius 2 is 0.610 bits per heavy atom. The molecule has 0 bridgehead atoms. The minimum Gasteiger partial charge on any atom is -0.466 e. The monoisotopic (exact) mass is 1150 g/mol. The zero-order chi connectivity index (χ0) is 59.2. The zero-order valence-corrected chi connectivity index (χ0v) is 55.2. The van der Waals surface area contributed by atoms with Crippen LogP contribution in [0.3, 0.4) is 0 Å². The van der Waals surface area contributed by atoms with Gasteiger partial charge in [0.1, 0.15) is 0 Å². The largest absolute Gasteiger partial charge is 0.466 e. The molecule has 0 aliphatic heterocycles. The molecule has 0 aliphatic rings. The van der Waals surface area contributed by atoms with E-state index in [9.17, 15) is 19.8 Å². The molecule has 0 aromatic rings. The summed E-state index contributed by atoms with van der Waals surface area (Å²) in [6.45, 7) is 4.92. The molecule has 6 nitrogen and oxygen atoms in total. The van der Waals surface area contributed by atoms with Crippen LogP contribution in [0.2, 0.25) is 0 Å². The Morgan fingerprint density at radius 3 is 0.951 bits per heavy atom. The lowest BCUT2D eigenvalue weighted by atomic mass is 10.0. The third kappa shape index (κ3) is 67.0. The van der Waals surface area contributed by atoms with Crippen LogP contribution in [0.1, 0.15) is 399 Å². The molecule has 0 radical (unpaired) electrons. The van der Waals surface area contributed by atoms with Crippen molar-refractivity contribution in [2.45, 2.75) is 411 Å². The highest BCUT2D eigenvalue weighted by Crippen LogP contribution is 2.18. The average molecular weight is 1150 g/mol. The van der Waals surface area contributed by atoms with Gasteiger partial charge in [-0.1, -0.05) is 345 Å². The number of unbranched alkanes of at least 4 members (excludes halogenated alkanes) is 52. The van der Waals surface area contributed by atoms with Crippen LogP contribution in [0.25, 0.3) is 0 Å². The lowest BCUT2D eigenvalue weighted by molar-refractivity contribution is -0.143. The molecule has 0 saturated carbocycles. The van der Waals surface area contributed by atoms with Crippen molar-refractivity contribution < 1.29 is 24.5 Å². The molecule has 1 amide bonds. The minimum absolute atomic E-state index is 0.00910. The molecule has 2 atom stereocenters. The summed E-state index contributed by atoms with van der Waals surface area (Å²) in [6.07, 6.45) is 93.4. The molecule has 3 N–H and O–H groups in total. The van der Waals surface area contributed by atoms with Crippen LogP contribution in [0.5, 0.6) is 0 Å². The van der Waals surface area contributed by atoms with Crippen molar-refractivity contribution in [3.63, 3.8) is 0 Å². The Kier molecular flexibility index (Phi) is 69.4. The molecule has 0 aromatic carbocycles. The van der Waals surface area contributed by atoms with Crippen molar-refractivity contribution in [3.8, 4) is 0 Å². The predicted molar refractivity (Wildman–Crippen MR) is 361 cm³/mol. The van der Waals surface area contributed by atoms with Crippen LogP contribution in [-0.2, 0) is 14.3 Å². The molecule has 0 rings (SSSR count). The molecule has 0 heterocycles. The summed E-state index contributed by atoms with van der Waals surface area (Å²) in [6, 6.07) is -0.628. The average Bonchev–Trinajstić information content (AvgIpc) is 3.48. The van der Waals surface area contributed by atoms with Crippen molar-refractivity contribution in [1.29, 1.82) is 0 Å². The van der Waals surface area contributed by atoms with E-state index < -0.39 is 12.1 Å². The number of amides is 1. The number of esters is 1. The number of aliphatic hydroxyl groups excluding tert-OH is 2. The van der Waals surface area contributed by atoms with Gasteiger partial charge < -0.3 is 20.3 Å². The second-order valence-corrected chi connectivity index (χ2v) is 25.3. The Bertz CT molecular complexity index is 1370. The summed E-state index contributed by atoms with van der Waals surface area (Å²) < 4.78 is 5.50. The van der Waals surface area contributed by atoms with Gasteiger partial charge in [0.25, 0.3) is 0 Å². The summed E-state index contributed by atoms with van der Waals surface area (Å²) in [4.78, 5) is 24.6. The maximum absolute atomic E-state index is 12.5. The van der Waals surface area contributed by atoms with Gasteiger partial charge in [-0.3, -0.25) is 9.59 Å². The standard InChI is InChI=1S/C76H143NO5/c1-3-5-7-9-11-13-15-17-19-21-36-40-44-48-52-56-60-64-68-74(79)73(72-78)77-75(80)69-65-61-57-53-49-45-41-37-34-32-30-28-26-24-23-25-27-29-31-33-35-39-43-47-51-55-59-63-67-71-82-76(81)70-66-62-58-54-50-46-42-38-22-20-18-16-14-12-10-8-6-4-2/h14,16,20,22-23,25,64,68,73-74,78-79H,3-13,15,17-19,21,24,26-63,65-67,69-72H2,1-2H3,(H,77,80)/b16-14-,22-20-,25-23-,68-64+. The molecular weight excluding hydrogens is 1010 g/mol. The zero-order valence-electron chi connectivity index (χ0n) is 55.2. The van der Waals surface area contributed by atoms with E-state index in [0.717, 1.165) is 51.4 Å². The van der Waals surface area contributed by atoms with Gasteiger partial charge in [0, 0.05) is 12.8 Å². The number of hydrogen-bond acceptors (Lipinski definition) is 5. The summed E-state index contributed by atoms with van der Waals surface area (Å²) >= 11 is 0. The Morgan fingerprint density at radius 1 is 0.341 bits per heavy atom. The first-order valence-corrected chi connectivity index (χ1v) is 36.9. The van der Waals surface area contributed by atoms with Crippen LogP contribution >= 0.6 is 0 Å². The van der Waals surface area contributed by atoms with Crippen LogP contribution in [0.4, 0.5) is 0 Å². The summed E-state index contributed by atoms with van der Waals surface area (Å²) in [7, 11) is 0. The predicted octanol–water partition coefficient (Wildman–Crippen LogP) is 24.0. The van der Waals surface area contributed by atoms with Gasteiger partial charge >= 0.3 is 5.97 Å². The molecule has 0 aliphatic carbocycles. The van der Waals surface area contributed by atoms with Crippen molar-refractivity contribution in [2.75, 3.05) is 13.2 Å². The molecule has 482 valence electrons. The first-order chi connectivity index (χ1) is 40.5. The number of ether oxygens (including phenoxy) is 1. The van der Waals surface area contributed by atoms with E-state index in [-0.39, 0.29) is 18.5 Å². The fraction of sp³-hybridized carbons (Fsp3) is 0.868. The van der Waals surface area contributed by atoms with E-state index in [4.69, 9.17) is 4.74 Å². The van der Waals surface area contributed by atoms with Crippen molar-refractivity contribution in [2.24, 2.45) is 0 Å². The Hall–Kier alpha value is -2.18. The topological polar surface area (TPSA) is 95.9 Å². The van der Waals surface area contributed by atoms with Crippen LogP contribution in [-0.4, -0.2) is 47.4 Å². The number of allylic oxidation sites excluding steroid dienone is 7. The number of nitrogens with one attached hydrogen (secondary N) is 1. The SMILES string of the molecule is CCCCCC/C=C\C/C=C\CCCCCCCCCC(=O)OCCCCCCCCCCCCCC/C=C\CCCCCCCCCCCCCCCC(=O)NC(CO)C(O)/C=C/CCCCCCCCCCCCCCCCCC. The maximum Gasteiger partial charge on any atom is 0.305 e. The lowest BCUT2D eigenvalue weighted by Gasteiger charge is -2.20. The summed E-state index contributed by atoms with van der Waals surface area (Å²) in [5, 5.41) is 23.2. The van der Waals surface area contributed by atoms with Gasteiger partial charge in [-0.25, -0.2) is 0 Å². The van der Waals surface area contributed by atoms with Crippen LogP contribution < -0.4 is 5.32 Å². The van der Waals surface area contributed by atoms with Gasteiger partial charge in [0.2, 0.25) is 5.91 Å². The highest BCUT2D eigenvalue weighted by molar-refractivity contribution is 5.76. The van der Waals surface area contributed by atoms with Gasteiger partial charge in [-0.05, 0) is 89.9 Å². The van der Waals surface area contributed by atoms with Crippen LogP contribution in [0, 0.1) is 0 Å². The normalized spacial score (nSPS) is 12.8. The quantitative estimate of drug-likeness (QED) is 0.0320. The molecule has 0 spiro atoms. The fourth-order valence-corrected chi connectivity index (χ4v) is 11.4. The lowest BCUT2D eigenvalue weighted by Crippen LogP contribution is -2.45. The third-order valence-electron chi connectivity index (χ3n) is 17.1. The first-order valence-electron chi connectivity index (χ1n) is 36.9. The molecule has 82 heavy (non-hydrogen) atoms. The first kappa shape index (κ1) is 79.8. The van der Waals surface area contributed by atoms with E-state index in [0.29, 0.717) is 19.4 Å². The van der Waals surface area contributed by atoms with Crippen molar-refractivity contribution >= 4 is 11.9 Å². The summed E-state index contributed by atoms with van der Waals surface area (Å²) in [5.41, 5.74) is 0. The van der Waals surface area contributed by atoms with Crippen molar-refractivity contribution in [3.05, 3.63) is 48.6 Å². The van der Waals surface area contributed by atoms with E-state index >= 15 is 0 Å². The number of hydrogen-bond donors (Lipinski definition) is 3. The highest BCUT2D eigenvalue weighted by atomic mass is 16.5. The second-order valence-electron chi connectivity index (χ2n) is 25.3. The maximum atomic E-state index is 12.5. The van der Waals surface area contributed by atoms with E-state index in [2.05, 4.69) is 55.6 Å². The molecule has 2 unspecified atom stereocenters. The smallest absolute Gasteiger partial charge is 0.305 e. The molecule has 0 aromatic heterocycles. The number of carbonyl (C=O) groups is 2. The third-order valence-corrected chi connectivity index (χ3v) is 17.1. The molecular formula is C76H143NO5. The van der Waals surface area contributed by atoms with Gasteiger partial charge in [-0.15, -0.1) is 0 Å². The van der Waals surface area contributed by atoms with Gasteiger partial charge in [-0.2, -0.15) is 0 Å². The highest BCUT2D eigenvalue weighted by Gasteiger charge is 2.18. The second kappa shape index (κ2) is 71.3. The van der Waals surface area contributed by atoms with E-state index in [1.165, 1.54) is 321 Å². The number of aliphatic hydroxyl groups is 2. The Balaban J connectivity index is 3.39.